The number of hydrogen-bond donors (Lipinski definition) is 1. The summed E-state index contributed by atoms with van der Waals surface area (Å²) in [6.45, 7) is 2.30. The van der Waals surface area contributed by atoms with Gasteiger partial charge in [0.05, 0.1) is 7.11 Å². The number of hydrogen-bond acceptors (Lipinski definition) is 2. The second-order valence-electron chi connectivity index (χ2n) is 5.74. The van der Waals surface area contributed by atoms with Crippen LogP contribution < -0.4 is 10.1 Å². The summed E-state index contributed by atoms with van der Waals surface area (Å²) in [5.74, 6) is 1.89. The maximum atomic E-state index is 5.28. The third-order valence-electron chi connectivity index (χ3n) is 4.23. The molecule has 2 heteroatoms. The number of rotatable bonds is 5. The molecule has 0 heterocycles. The fraction of sp³-hybridized carbons (Fsp3) is 0.647. The van der Waals surface area contributed by atoms with Gasteiger partial charge < -0.3 is 10.1 Å². The third kappa shape index (κ3) is 4.45. The van der Waals surface area contributed by atoms with Crippen LogP contribution in [0.15, 0.2) is 24.3 Å². The molecule has 0 aliphatic heterocycles. The lowest BCUT2D eigenvalue weighted by Gasteiger charge is -2.18. The summed E-state index contributed by atoms with van der Waals surface area (Å²) in [6, 6.07) is 8.91. The number of nitrogens with one attached hydrogen (secondary N) is 1. The number of ether oxygens (including phenoxy) is 1. The molecule has 1 aliphatic rings. The van der Waals surface area contributed by atoms with E-state index in [2.05, 4.69) is 30.4 Å². The minimum absolute atomic E-state index is 0.633. The largest absolute Gasteiger partial charge is 0.497 e. The molecule has 1 saturated carbocycles. The smallest absolute Gasteiger partial charge is 0.120 e. The van der Waals surface area contributed by atoms with Crippen molar-refractivity contribution in [1.82, 2.24) is 0 Å². The van der Waals surface area contributed by atoms with Crippen LogP contribution in [0.1, 0.15) is 51.9 Å². The summed E-state index contributed by atoms with van der Waals surface area (Å²) in [6.07, 6.45) is 9.52. The first-order chi connectivity index (χ1) is 9.31. The molecule has 1 aromatic carbocycles. The Labute approximate surface area is 117 Å². The van der Waals surface area contributed by atoms with E-state index in [9.17, 15) is 0 Å². The van der Waals surface area contributed by atoms with Crippen molar-refractivity contribution in [3.8, 4) is 5.75 Å². The monoisotopic (exact) mass is 261 g/mol. The van der Waals surface area contributed by atoms with Gasteiger partial charge in [-0.15, -0.1) is 0 Å². The molecule has 0 amide bonds. The van der Waals surface area contributed by atoms with E-state index < -0.39 is 0 Å². The van der Waals surface area contributed by atoms with Crippen molar-refractivity contribution in [2.75, 3.05) is 12.4 Å². The van der Waals surface area contributed by atoms with Crippen LogP contribution in [0.25, 0.3) is 0 Å². The Morgan fingerprint density at radius 2 is 2.11 bits per heavy atom. The van der Waals surface area contributed by atoms with E-state index in [1.54, 1.807) is 7.11 Å². The Morgan fingerprint density at radius 1 is 1.21 bits per heavy atom. The van der Waals surface area contributed by atoms with Crippen LogP contribution in [0, 0.1) is 5.92 Å². The van der Waals surface area contributed by atoms with Crippen LogP contribution in [0.4, 0.5) is 5.69 Å². The molecule has 0 aromatic heterocycles. The van der Waals surface area contributed by atoms with Gasteiger partial charge in [0.15, 0.2) is 0 Å². The van der Waals surface area contributed by atoms with Crippen molar-refractivity contribution < 1.29 is 4.74 Å². The summed E-state index contributed by atoms with van der Waals surface area (Å²) < 4.78 is 5.28. The molecule has 1 aromatic rings. The van der Waals surface area contributed by atoms with Crippen molar-refractivity contribution in [1.29, 1.82) is 0 Å². The number of methoxy groups -OCH3 is 1. The highest BCUT2D eigenvalue weighted by atomic mass is 16.5. The average molecular weight is 261 g/mol. The fourth-order valence-electron chi connectivity index (χ4n) is 3.17. The fourth-order valence-corrected chi connectivity index (χ4v) is 3.17. The number of benzene rings is 1. The van der Waals surface area contributed by atoms with Crippen molar-refractivity contribution in [2.45, 2.75) is 57.9 Å². The highest BCUT2D eigenvalue weighted by Crippen LogP contribution is 2.28. The topological polar surface area (TPSA) is 21.3 Å². The highest BCUT2D eigenvalue weighted by Gasteiger charge is 2.18. The number of anilines is 1. The van der Waals surface area contributed by atoms with Crippen LogP contribution in [0.5, 0.6) is 5.75 Å². The molecule has 2 nitrogen and oxygen atoms in total. The predicted octanol–water partition coefficient (Wildman–Crippen LogP) is 4.86. The third-order valence-corrected chi connectivity index (χ3v) is 4.23. The van der Waals surface area contributed by atoms with Crippen molar-refractivity contribution in [3.63, 3.8) is 0 Å². The molecule has 0 saturated heterocycles. The average Bonchev–Trinajstić information content (AvgIpc) is 2.65. The molecule has 0 bridgehead atoms. The minimum Gasteiger partial charge on any atom is -0.497 e. The normalized spacial score (nSPS) is 23.7. The lowest BCUT2D eigenvalue weighted by molar-refractivity contribution is 0.415. The van der Waals surface area contributed by atoms with Gasteiger partial charge in [-0.3, -0.25) is 0 Å². The Balaban J connectivity index is 1.88. The van der Waals surface area contributed by atoms with Crippen LogP contribution in [0.3, 0.4) is 0 Å². The van der Waals surface area contributed by atoms with E-state index in [1.165, 1.54) is 50.6 Å². The molecule has 2 atom stereocenters. The molecule has 1 N–H and O–H groups in total. The molecule has 2 unspecified atom stereocenters. The second-order valence-corrected chi connectivity index (χ2v) is 5.74. The summed E-state index contributed by atoms with van der Waals surface area (Å²) in [5.41, 5.74) is 1.19. The van der Waals surface area contributed by atoms with Gasteiger partial charge in [-0.2, -0.15) is 0 Å². The molecular formula is C17H27NO. The van der Waals surface area contributed by atoms with Gasteiger partial charge in [0.2, 0.25) is 0 Å². The first-order valence-electron chi connectivity index (χ1n) is 7.72. The van der Waals surface area contributed by atoms with Crippen molar-refractivity contribution >= 4 is 5.69 Å². The van der Waals surface area contributed by atoms with Gasteiger partial charge in [0.1, 0.15) is 5.75 Å². The van der Waals surface area contributed by atoms with E-state index >= 15 is 0 Å². The Morgan fingerprint density at radius 3 is 2.89 bits per heavy atom. The maximum absolute atomic E-state index is 5.28. The van der Waals surface area contributed by atoms with Crippen LogP contribution >= 0.6 is 0 Å². The second kappa shape index (κ2) is 7.42. The van der Waals surface area contributed by atoms with Crippen molar-refractivity contribution in [2.24, 2.45) is 5.92 Å². The van der Waals surface area contributed by atoms with E-state index in [0.29, 0.717) is 6.04 Å². The predicted molar refractivity (Wildman–Crippen MR) is 81.9 cm³/mol. The van der Waals surface area contributed by atoms with E-state index in [-0.39, 0.29) is 0 Å². The molecule has 0 radical (unpaired) electrons. The quantitative estimate of drug-likeness (QED) is 0.764. The van der Waals surface area contributed by atoms with Gasteiger partial charge in [0, 0.05) is 17.8 Å². The van der Waals surface area contributed by atoms with Crippen LogP contribution in [-0.2, 0) is 0 Å². The van der Waals surface area contributed by atoms with Crippen molar-refractivity contribution in [3.05, 3.63) is 24.3 Å². The summed E-state index contributed by atoms with van der Waals surface area (Å²) in [4.78, 5) is 0. The zero-order valence-electron chi connectivity index (χ0n) is 12.3. The zero-order valence-corrected chi connectivity index (χ0v) is 12.3. The zero-order chi connectivity index (χ0) is 13.5. The van der Waals surface area contributed by atoms with Crippen LogP contribution in [-0.4, -0.2) is 13.2 Å². The molecule has 19 heavy (non-hydrogen) atoms. The molecule has 106 valence electrons. The standard InChI is InChI=1S/C17H27NO/c1-3-6-14-7-4-8-15(12-11-14)18-16-9-5-10-17(13-16)19-2/h5,9-10,13-15,18H,3-4,6-8,11-12H2,1-2H3. The van der Waals surface area contributed by atoms with Gasteiger partial charge in [-0.05, 0) is 37.3 Å². The summed E-state index contributed by atoms with van der Waals surface area (Å²) in [7, 11) is 1.72. The first-order valence-corrected chi connectivity index (χ1v) is 7.72. The SMILES string of the molecule is CCCC1CCCC(Nc2cccc(OC)c2)CC1. The van der Waals surface area contributed by atoms with E-state index in [0.717, 1.165) is 11.7 Å². The van der Waals surface area contributed by atoms with Crippen LogP contribution in [0.2, 0.25) is 0 Å². The molecular weight excluding hydrogens is 234 g/mol. The molecule has 2 rings (SSSR count). The Hall–Kier alpha value is -1.18. The lowest BCUT2D eigenvalue weighted by Crippen LogP contribution is -2.18. The Kier molecular flexibility index (Phi) is 5.56. The summed E-state index contributed by atoms with van der Waals surface area (Å²) in [5, 5.41) is 3.68. The first kappa shape index (κ1) is 14.2. The molecule has 1 fully saturated rings. The van der Waals surface area contributed by atoms with E-state index in [1.807, 2.05) is 6.07 Å². The van der Waals surface area contributed by atoms with Gasteiger partial charge in [0.25, 0.3) is 0 Å². The van der Waals surface area contributed by atoms with Gasteiger partial charge in [-0.1, -0.05) is 38.7 Å². The van der Waals surface area contributed by atoms with Gasteiger partial charge >= 0.3 is 0 Å². The lowest BCUT2D eigenvalue weighted by atomic mass is 9.95. The molecule has 0 spiro atoms. The summed E-state index contributed by atoms with van der Waals surface area (Å²) >= 11 is 0. The van der Waals surface area contributed by atoms with E-state index in [4.69, 9.17) is 4.74 Å². The minimum atomic E-state index is 0.633. The highest BCUT2D eigenvalue weighted by molar-refractivity contribution is 5.48. The Bertz CT molecular complexity index is 377. The van der Waals surface area contributed by atoms with Gasteiger partial charge in [-0.25, -0.2) is 0 Å². The molecule has 1 aliphatic carbocycles. The maximum Gasteiger partial charge on any atom is 0.120 e.